The average Bonchev–Trinajstić information content (AvgIpc) is 3.06. The number of amides is 1. The lowest BCUT2D eigenvalue weighted by atomic mass is 9.93. The van der Waals surface area contributed by atoms with Gasteiger partial charge in [0, 0.05) is 25.7 Å². The highest BCUT2D eigenvalue weighted by Crippen LogP contribution is 2.22. The fourth-order valence-electron chi connectivity index (χ4n) is 3.55. The van der Waals surface area contributed by atoms with Gasteiger partial charge in [-0.2, -0.15) is 0 Å². The van der Waals surface area contributed by atoms with Crippen LogP contribution in [0.5, 0.6) is 0 Å². The summed E-state index contributed by atoms with van der Waals surface area (Å²) in [6.45, 7) is 9.72. The second kappa shape index (κ2) is 8.71. The van der Waals surface area contributed by atoms with Gasteiger partial charge in [-0.25, -0.2) is 0 Å². The summed E-state index contributed by atoms with van der Waals surface area (Å²) in [5.74, 6) is 0.700. The molecule has 2 fully saturated rings. The molecular formula is C16H31N3O2. The molecule has 21 heavy (non-hydrogen) atoms. The van der Waals surface area contributed by atoms with Crippen molar-refractivity contribution in [1.29, 1.82) is 0 Å². The Balaban J connectivity index is 1.86. The molecule has 122 valence electrons. The molecule has 2 aliphatic rings. The van der Waals surface area contributed by atoms with E-state index in [1.165, 1.54) is 38.8 Å². The fraction of sp³-hybridized carbons (Fsp3) is 0.938. The molecule has 2 rings (SSSR count). The first-order valence-electron chi connectivity index (χ1n) is 8.60. The van der Waals surface area contributed by atoms with Crippen molar-refractivity contribution >= 4 is 5.91 Å². The van der Waals surface area contributed by atoms with Crippen molar-refractivity contribution in [3.63, 3.8) is 0 Å². The molecule has 0 radical (unpaired) electrons. The number of nitrogens with zero attached hydrogens (tertiary/aromatic N) is 1. The van der Waals surface area contributed by atoms with Crippen molar-refractivity contribution in [3.8, 4) is 0 Å². The van der Waals surface area contributed by atoms with E-state index >= 15 is 0 Å². The maximum atomic E-state index is 12.2. The highest BCUT2D eigenvalue weighted by atomic mass is 16.5. The van der Waals surface area contributed by atoms with Crippen molar-refractivity contribution in [2.75, 3.05) is 39.3 Å². The topological polar surface area (TPSA) is 53.6 Å². The van der Waals surface area contributed by atoms with Gasteiger partial charge in [0.25, 0.3) is 5.91 Å². The minimum Gasteiger partial charge on any atom is -0.366 e. The van der Waals surface area contributed by atoms with Gasteiger partial charge in [0.05, 0.1) is 6.61 Å². The quantitative estimate of drug-likeness (QED) is 0.736. The number of rotatable bonds is 7. The normalized spacial score (nSPS) is 25.2. The molecule has 2 aliphatic heterocycles. The second-order valence-electron chi connectivity index (χ2n) is 6.20. The van der Waals surface area contributed by atoms with Crippen LogP contribution in [0, 0.1) is 5.92 Å². The molecule has 0 spiro atoms. The van der Waals surface area contributed by atoms with Crippen LogP contribution in [0.4, 0.5) is 0 Å². The number of hydrogen-bond acceptors (Lipinski definition) is 4. The van der Waals surface area contributed by atoms with Crippen LogP contribution in [-0.2, 0) is 9.53 Å². The number of hydrogen-bond donors (Lipinski definition) is 2. The van der Waals surface area contributed by atoms with Gasteiger partial charge in [-0.15, -0.1) is 0 Å². The Hall–Kier alpha value is -0.650. The highest BCUT2D eigenvalue weighted by molar-refractivity contribution is 5.81. The van der Waals surface area contributed by atoms with Gasteiger partial charge in [-0.1, -0.05) is 26.7 Å². The van der Waals surface area contributed by atoms with Crippen LogP contribution in [-0.4, -0.2) is 62.3 Å². The van der Waals surface area contributed by atoms with E-state index in [2.05, 4.69) is 29.4 Å². The summed E-state index contributed by atoms with van der Waals surface area (Å²) in [7, 11) is 0. The third-order valence-electron chi connectivity index (χ3n) is 4.91. The summed E-state index contributed by atoms with van der Waals surface area (Å²) in [6, 6.07) is 0.475. The van der Waals surface area contributed by atoms with Crippen molar-refractivity contribution in [2.45, 2.75) is 51.7 Å². The first-order valence-corrected chi connectivity index (χ1v) is 8.60. The number of ether oxygens (including phenoxy) is 1. The molecule has 0 aromatic rings. The highest BCUT2D eigenvalue weighted by Gasteiger charge is 2.29. The molecule has 2 heterocycles. The van der Waals surface area contributed by atoms with Crippen molar-refractivity contribution in [1.82, 2.24) is 15.5 Å². The van der Waals surface area contributed by atoms with E-state index in [-0.39, 0.29) is 12.0 Å². The van der Waals surface area contributed by atoms with Gasteiger partial charge in [0.1, 0.15) is 6.10 Å². The third-order valence-corrected chi connectivity index (χ3v) is 4.91. The Bertz CT molecular complexity index is 307. The molecule has 1 unspecified atom stereocenters. The molecular weight excluding hydrogens is 266 g/mol. The summed E-state index contributed by atoms with van der Waals surface area (Å²) in [6.07, 6.45) is 4.62. The minimum atomic E-state index is -0.320. The van der Waals surface area contributed by atoms with Crippen LogP contribution >= 0.6 is 0 Å². The molecule has 5 heteroatoms. The van der Waals surface area contributed by atoms with E-state index in [4.69, 9.17) is 4.74 Å². The van der Waals surface area contributed by atoms with Gasteiger partial charge in [0.15, 0.2) is 0 Å². The zero-order valence-electron chi connectivity index (χ0n) is 13.6. The molecule has 0 bridgehead atoms. The summed E-state index contributed by atoms with van der Waals surface area (Å²) >= 11 is 0. The molecule has 0 aromatic carbocycles. The Morgan fingerprint density at radius 2 is 2.05 bits per heavy atom. The van der Waals surface area contributed by atoms with Crippen LogP contribution < -0.4 is 10.6 Å². The van der Waals surface area contributed by atoms with Gasteiger partial charge in [-0.3, -0.25) is 9.69 Å². The number of nitrogens with one attached hydrogen (secondary N) is 2. The Labute approximate surface area is 128 Å². The summed E-state index contributed by atoms with van der Waals surface area (Å²) in [5, 5.41) is 6.34. The summed E-state index contributed by atoms with van der Waals surface area (Å²) in [4.78, 5) is 14.8. The largest absolute Gasteiger partial charge is 0.366 e. The molecule has 0 aliphatic carbocycles. The number of morpholine rings is 1. The Morgan fingerprint density at radius 1 is 1.33 bits per heavy atom. The standard InChI is InChI=1S/C16H31N3O2/c1-3-13(4-2)14(19-8-5-6-9-19)11-18-16(20)15-12-17-7-10-21-15/h13-15,17H,3-12H2,1-2H3,(H,18,20)/t14?,15-/m1/s1. The number of carbonyl (C=O) groups excluding carboxylic acids is 1. The van der Waals surface area contributed by atoms with E-state index in [1.807, 2.05) is 0 Å². The van der Waals surface area contributed by atoms with Gasteiger partial charge < -0.3 is 15.4 Å². The van der Waals surface area contributed by atoms with E-state index in [0.717, 1.165) is 13.1 Å². The third kappa shape index (κ3) is 4.66. The predicted molar refractivity (Wildman–Crippen MR) is 84.3 cm³/mol. The van der Waals surface area contributed by atoms with Gasteiger partial charge in [0.2, 0.25) is 0 Å². The second-order valence-corrected chi connectivity index (χ2v) is 6.20. The van der Waals surface area contributed by atoms with Crippen LogP contribution in [0.1, 0.15) is 39.5 Å². The fourth-order valence-corrected chi connectivity index (χ4v) is 3.55. The molecule has 1 amide bonds. The van der Waals surface area contributed by atoms with Crippen LogP contribution in [0.2, 0.25) is 0 Å². The molecule has 2 N–H and O–H groups in total. The summed E-state index contributed by atoms with van der Waals surface area (Å²) < 4.78 is 5.52. The lowest BCUT2D eigenvalue weighted by molar-refractivity contribution is -0.134. The zero-order chi connectivity index (χ0) is 15.1. The zero-order valence-corrected chi connectivity index (χ0v) is 13.6. The molecule has 0 saturated carbocycles. The SMILES string of the molecule is CCC(CC)C(CNC(=O)[C@H]1CNCCO1)N1CCCC1. The smallest absolute Gasteiger partial charge is 0.250 e. The molecule has 2 atom stereocenters. The molecule has 2 saturated heterocycles. The number of likely N-dealkylation sites (tertiary alicyclic amines) is 1. The monoisotopic (exact) mass is 297 g/mol. The Morgan fingerprint density at radius 3 is 2.62 bits per heavy atom. The van der Waals surface area contributed by atoms with E-state index in [0.29, 0.717) is 25.1 Å². The maximum Gasteiger partial charge on any atom is 0.250 e. The van der Waals surface area contributed by atoms with E-state index in [1.54, 1.807) is 0 Å². The lowest BCUT2D eigenvalue weighted by Gasteiger charge is -2.34. The van der Waals surface area contributed by atoms with Crippen LogP contribution in [0.3, 0.4) is 0 Å². The maximum absolute atomic E-state index is 12.2. The van der Waals surface area contributed by atoms with Crippen molar-refractivity contribution in [3.05, 3.63) is 0 Å². The number of carbonyl (C=O) groups is 1. The van der Waals surface area contributed by atoms with Crippen molar-refractivity contribution < 1.29 is 9.53 Å². The van der Waals surface area contributed by atoms with E-state index < -0.39 is 0 Å². The van der Waals surface area contributed by atoms with Gasteiger partial charge >= 0.3 is 0 Å². The Kier molecular flexibility index (Phi) is 6.93. The molecule has 0 aromatic heterocycles. The predicted octanol–water partition coefficient (Wildman–Crippen LogP) is 0.992. The van der Waals surface area contributed by atoms with Crippen LogP contribution in [0.15, 0.2) is 0 Å². The van der Waals surface area contributed by atoms with Crippen molar-refractivity contribution in [2.24, 2.45) is 5.92 Å². The van der Waals surface area contributed by atoms with Gasteiger partial charge in [-0.05, 0) is 31.8 Å². The first kappa shape index (κ1) is 16.7. The molecule has 5 nitrogen and oxygen atoms in total. The van der Waals surface area contributed by atoms with E-state index in [9.17, 15) is 4.79 Å². The summed E-state index contributed by atoms with van der Waals surface area (Å²) in [5.41, 5.74) is 0. The minimum absolute atomic E-state index is 0.0392. The average molecular weight is 297 g/mol. The lowest BCUT2D eigenvalue weighted by Crippen LogP contribution is -2.52. The van der Waals surface area contributed by atoms with Crippen LogP contribution in [0.25, 0.3) is 0 Å². The first-order chi connectivity index (χ1) is 10.3.